The van der Waals surface area contributed by atoms with Crippen molar-refractivity contribution in [2.24, 2.45) is 5.73 Å². The molecular weight excluding hydrogens is 174 g/mol. The largest absolute Gasteiger partial charge is 0.516 e. The van der Waals surface area contributed by atoms with Gasteiger partial charge in [0.25, 0.3) is 0 Å². The summed E-state index contributed by atoms with van der Waals surface area (Å²) in [5, 5.41) is 7.81. The van der Waals surface area contributed by atoms with Crippen molar-refractivity contribution in [3.05, 3.63) is 60.9 Å². The van der Waals surface area contributed by atoms with Gasteiger partial charge < -0.3 is 10.8 Å². The molecule has 0 fully saturated rings. The molecule has 0 spiro atoms. The van der Waals surface area contributed by atoms with Crippen LogP contribution >= 0.6 is 0 Å². The minimum atomic E-state index is 0.413. The summed E-state index contributed by atoms with van der Waals surface area (Å²) >= 11 is 0. The third kappa shape index (κ3) is 7.13. The van der Waals surface area contributed by atoms with Crippen LogP contribution in [0.1, 0.15) is 5.56 Å². The first-order valence-electron chi connectivity index (χ1n) is 4.49. The second-order valence-electron chi connectivity index (χ2n) is 2.60. The Morgan fingerprint density at radius 1 is 1.29 bits per heavy atom. The molecule has 0 aliphatic rings. The third-order valence-electron chi connectivity index (χ3n) is 1.46. The molecule has 0 aliphatic heterocycles. The molecule has 0 radical (unpaired) electrons. The van der Waals surface area contributed by atoms with Crippen LogP contribution in [0, 0.1) is 0 Å². The van der Waals surface area contributed by atoms with Crippen LogP contribution in [0.25, 0.3) is 0 Å². The van der Waals surface area contributed by atoms with Crippen molar-refractivity contribution in [2.45, 2.75) is 6.42 Å². The lowest BCUT2D eigenvalue weighted by Gasteiger charge is -1.91. The maximum atomic E-state index is 7.81. The molecule has 14 heavy (non-hydrogen) atoms. The summed E-state index contributed by atoms with van der Waals surface area (Å²) in [6.07, 6.45) is 5.27. The lowest BCUT2D eigenvalue weighted by molar-refractivity contribution is 0.472. The van der Waals surface area contributed by atoms with Gasteiger partial charge in [0.1, 0.15) is 0 Å². The van der Waals surface area contributed by atoms with Crippen molar-refractivity contribution in [2.75, 3.05) is 6.54 Å². The normalized spacial score (nSPS) is 9.21. The quantitative estimate of drug-likeness (QED) is 0.569. The molecule has 0 aromatic heterocycles. The Balaban J connectivity index is 0.000000292. The second kappa shape index (κ2) is 9.55. The molecule has 0 atom stereocenters. The smallest absolute Gasteiger partial charge is 0.0764 e. The van der Waals surface area contributed by atoms with Crippen molar-refractivity contribution in [1.82, 2.24) is 0 Å². The fourth-order valence-electron chi connectivity index (χ4n) is 0.842. The Morgan fingerprint density at radius 3 is 2.29 bits per heavy atom. The van der Waals surface area contributed by atoms with Gasteiger partial charge in [-0.1, -0.05) is 36.4 Å². The van der Waals surface area contributed by atoms with Crippen LogP contribution in [0.4, 0.5) is 0 Å². The predicted octanol–water partition coefficient (Wildman–Crippen LogP) is 2.43. The molecule has 3 N–H and O–H groups in total. The third-order valence-corrected chi connectivity index (χ3v) is 1.46. The van der Waals surface area contributed by atoms with Gasteiger partial charge in [-0.15, -0.1) is 6.58 Å². The highest BCUT2D eigenvalue weighted by molar-refractivity contribution is 5.16. The van der Waals surface area contributed by atoms with Gasteiger partial charge in [-0.05, 0) is 18.1 Å². The van der Waals surface area contributed by atoms with E-state index >= 15 is 0 Å². The van der Waals surface area contributed by atoms with E-state index in [2.05, 4.69) is 18.7 Å². The molecule has 1 aromatic carbocycles. The van der Waals surface area contributed by atoms with Crippen molar-refractivity contribution in [1.29, 1.82) is 0 Å². The van der Waals surface area contributed by atoms with Gasteiger partial charge in [0.15, 0.2) is 0 Å². The number of hydrogen-bond donors (Lipinski definition) is 2. The SMILES string of the molecule is C=CCc1ccccc1.NCC=CO. The minimum Gasteiger partial charge on any atom is -0.516 e. The zero-order chi connectivity index (χ0) is 10.6. The molecular formula is C12H17NO. The first-order chi connectivity index (χ1) is 6.85. The molecule has 0 aliphatic carbocycles. The van der Waals surface area contributed by atoms with E-state index in [-0.39, 0.29) is 0 Å². The standard InChI is InChI=1S/C9H10.C3H7NO/c1-2-6-9-7-4-3-5-8-9;4-2-1-3-5/h2-5,7-8H,1,6H2;1,3,5H,2,4H2. The Hall–Kier alpha value is -1.54. The fourth-order valence-corrected chi connectivity index (χ4v) is 0.842. The van der Waals surface area contributed by atoms with Crippen molar-refractivity contribution in [3.63, 3.8) is 0 Å². The average Bonchev–Trinajstić information content (AvgIpc) is 2.22. The minimum absolute atomic E-state index is 0.413. The molecule has 0 heterocycles. The first kappa shape index (κ1) is 12.5. The van der Waals surface area contributed by atoms with Crippen LogP contribution in [0.15, 0.2) is 55.3 Å². The highest BCUT2D eigenvalue weighted by atomic mass is 16.2. The van der Waals surface area contributed by atoms with Crippen LogP contribution in [0.5, 0.6) is 0 Å². The fraction of sp³-hybridized carbons (Fsp3) is 0.167. The molecule has 76 valence electrons. The zero-order valence-electron chi connectivity index (χ0n) is 8.26. The van der Waals surface area contributed by atoms with Gasteiger partial charge in [0.05, 0.1) is 6.26 Å². The van der Waals surface area contributed by atoms with Gasteiger partial charge in [-0.25, -0.2) is 0 Å². The summed E-state index contributed by atoms with van der Waals surface area (Å²) in [6, 6.07) is 10.3. The van der Waals surface area contributed by atoms with E-state index in [1.54, 1.807) is 0 Å². The molecule has 1 aromatic rings. The predicted molar refractivity (Wildman–Crippen MR) is 61.2 cm³/mol. The Kier molecular flexibility index (Phi) is 8.50. The number of allylic oxidation sites excluding steroid dienone is 1. The number of aliphatic hydroxyl groups is 1. The van der Waals surface area contributed by atoms with Gasteiger partial charge >= 0.3 is 0 Å². The second-order valence-corrected chi connectivity index (χ2v) is 2.60. The maximum Gasteiger partial charge on any atom is 0.0764 e. The monoisotopic (exact) mass is 191 g/mol. The number of nitrogens with two attached hydrogens (primary N) is 1. The van der Waals surface area contributed by atoms with Crippen LogP contribution < -0.4 is 5.73 Å². The molecule has 0 amide bonds. The number of aliphatic hydroxyl groups excluding tert-OH is 1. The molecule has 0 saturated heterocycles. The zero-order valence-corrected chi connectivity index (χ0v) is 8.26. The number of rotatable bonds is 3. The van der Waals surface area contributed by atoms with Crippen molar-refractivity contribution >= 4 is 0 Å². The lowest BCUT2D eigenvalue weighted by Crippen LogP contribution is -1.91. The van der Waals surface area contributed by atoms with Crippen molar-refractivity contribution in [3.8, 4) is 0 Å². The van der Waals surface area contributed by atoms with E-state index < -0.39 is 0 Å². The summed E-state index contributed by atoms with van der Waals surface area (Å²) in [5.41, 5.74) is 6.22. The van der Waals surface area contributed by atoms with E-state index in [9.17, 15) is 0 Å². The van der Waals surface area contributed by atoms with E-state index in [0.717, 1.165) is 12.7 Å². The molecule has 0 saturated carbocycles. The van der Waals surface area contributed by atoms with Gasteiger partial charge in [-0.3, -0.25) is 0 Å². The first-order valence-corrected chi connectivity index (χ1v) is 4.49. The molecule has 2 heteroatoms. The summed E-state index contributed by atoms with van der Waals surface area (Å²) in [7, 11) is 0. The van der Waals surface area contributed by atoms with Gasteiger partial charge in [-0.2, -0.15) is 0 Å². The summed E-state index contributed by atoms with van der Waals surface area (Å²) in [5.74, 6) is 0. The molecule has 0 unspecified atom stereocenters. The topological polar surface area (TPSA) is 46.2 Å². The molecule has 1 rings (SSSR count). The van der Waals surface area contributed by atoms with E-state index in [0.29, 0.717) is 6.54 Å². The van der Waals surface area contributed by atoms with E-state index in [1.807, 2.05) is 24.3 Å². The summed E-state index contributed by atoms with van der Waals surface area (Å²) in [6.45, 7) is 4.07. The lowest BCUT2D eigenvalue weighted by atomic mass is 10.2. The average molecular weight is 191 g/mol. The van der Waals surface area contributed by atoms with Crippen LogP contribution in [0.3, 0.4) is 0 Å². The Labute approximate surface area is 85.4 Å². The molecule has 2 nitrogen and oxygen atoms in total. The van der Waals surface area contributed by atoms with Crippen LogP contribution in [-0.4, -0.2) is 11.7 Å². The maximum absolute atomic E-state index is 7.81. The van der Waals surface area contributed by atoms with E-state index in [4.69, 9.17) is 10.8 Å². The Bertz CT molecular complexity index is 254. The highest BCUT2D eigenvalue weighted by Gasteiger charge is 1.82. The van der Waals surface area contributed by atoms with Crippen LogP contribution in [0.2, 0.25) is 0 Å². The van der Waals surface area contributed by atoms with Crippen LogP contribution in [-0.2, 0) is 6.42 Å². The highest BCUT2D eigenvalue weighted by Crippen LogP contribution is 1.98. The van der Waals surface area contributed by atoms with Gasteiger partial charge in [0.2, 0.25) is 0 Å². The number of hydrogen-bond acceptors (Lipinski definition) is 2. The van der Waals surface area contributed by atoms with E-state index in [1.165, 1.54) is 11.6 Å². The summed E-state index contributed by atoms with van der Waals surface area (Å²) in [4.78, 5) is 0. The molecule has 0 bridgehead atoms. The Morgan fingerprint density at radius 2 is 1.93 bits per heavy atom. The number of benzene rings is 1. The van der Waals surface area contributed by atoms with Gasteiger partial charge in [0, 0.05) is 6.54 Å². The summed E-state index contributed by atoms with van der Waals surface area (Å²) < 4.78 is 0. The van der Waals surface area contributed by atoms with Crippen molar-refractivity contribution < 1.29 is 5.11 Å².